The molecule has 1 rings (SSSR count). The molecule has 25 heavy (non-hydrogen) atoms. The van der Waals surface area contributed by atoms with Crippen LogP contribution in [0.5, 0.6) is 0 Å². The normalized spacial score (nSPS) is 17.6. The van der Waals surface area contributed by atoms with Crippen molar-refractivity contribution in [2.75, 3.05) is 24.7 Å². The lowest BCUT2D eigenvalue weighted by molar-refractivity contribution is 0.000481. The monoisotopic (exact) mass is 369 g/mol. The lowest BCUT2D eigenvalue weighted by Crippen LogP contribution is -2.44. The van der Waals surface area contributed by atoms with Crippen LogP contribution in [0.4, 0.5) is 32.0 Å². The van der Waals surface area contributed by atoms with E-state index in [4.69, 9.17) is 0 Å². The number of hydrogen-bond donors (Lipinski definition) is 0. The molecule has 0 aromatic heterocycles. The fourth-order valence-corrected chi connectivity index (χ4v) is 2.55. The predicted molar refractivity (Wildman–Crippen MR) is 88.6 cm³/mol. The Balaban J connectivity index is 2.67. The van der Waals surface area contributed by atoms with Crippen molar-refractivity contribution in [3.8, 4) is 0 Å². The highest BCUT2D eigenvalue weighted by Gasteiger charge is 2.40. The molecule has 1 nitrogen and oxygen atoms in total. The van der Waals surface area contributed by atoms with Gasteiger partial charge in [0.05, 0.1) is 13.2 Å². The second kappa shape index (κ2) is 11.3. The van der Waals surface area contributed by atoms with Crippen LogP contribution in [-0.4, -0.2) is 50.6 Å². The van der Waals surface area contributed by atoms with Crippen molar-refractivity contribution < 1.29 is 26.3 Å². The summed E-state index contributed by atoms with van der Waals surface area (Å²) in [6.45, 7) is 0.922. The molecular formula is C18H25F6N. The van der Waals surface area contributed by atoms with E-state index in [9.17, 15) is 26.3 Å². The van der Waals surface area contributed by atoms with Gasteiger partial charge >= 0.3 is 0 Å². The number of alkyl halides is 6. The summed E-state index contributed by atoms with van der Waals surface area (Å²) in [5.41, 5.74) is 0.637. The fraction of sp³-hybridized carbons (Fsp3) is 0.667. The predicted octanol–water partition coefficient (Wildman–Crippen LogP) is 5.34. The maximum Gasteiger partial charge on any atom is 0.168 e. The maximum absolute atomic E-state index is 14.2. The van der Waals surface area contributed by atoms with Crippen molar-refractivity contribution in [3.63, 3.8) is 0 Å². The van der Waals surface area contributed by atoms with Crippen molar-refractivity contribution in [1.82, 2.24) is 0 Å². The highest BCUT2D eigenvalue weighted by atomic mass is 19.2. The fourth-order valence-electron chi connectivity index (χ4n) is 2.55. The second-order valence-electron chi connectivity index (χ2n) is 5.98. The number of hydrogen-bond acceptors (Lipinski definition) is 1. The highest BCUT2D eigenvalue weighted by molar-refractivity contribution is 5.46. The van der Waals surface area contributed by atoms with Crippen LogP contribution in [0.3, 0.4) is 0 Å². The van der Waals surface area contributed by atoms with Crippen molar-refractivity contribution in [3.05, 3.63) is 30.3 Å². The molecule has 7 heteroatoms. The summed E-state index contributed by atoms with van der Waals surface area (Å²) in [5.74, 6) is 0. The summed E-state index contributed by atoms with van der Waals surface area (Å²) in [6.07, 6.45) is -13.4. The van der Waals surface area contributed by atoms with Crippen LogP contribution in [0.15, 0.2) is 30.3 Å². The first kappa shape index (κ1) is 21.6. The standard InChI is InChI=1S/C18H25F6N/c1-2-11-25(13-7-4-3-5-8-13)12-15(21)17(23)18(24)16(22)14(20)9-6-10-19/h3-5,7-8,14-18H,2,6,9-12H2,1H3. The van der Waals surface area contributed by atoms with Crippen LogP contribution in [0, 0.1) is 0 Å². The molecule has 5 unspecified atom stereocenters. The van der Waals surface area contributed by atoms with Gasteiger partial charge in [0.2, 0.25) is 0 Å². The van der Waals surface area contributed by atoms with Gasteiger partial charge in [0.15, 0.2) is 24.7 Å². The number of halogens is 6. The zero-order chi connectivity index (χ0) is 18.8. The van der Waals surface area contributed by atoms with E-state index in [1.165, 1.54) is 4.90 Å². The number of anilines is 1. The average Bonchev–Trinajstić information content (AvgIpc) is 2.64. The van der Waals surface area contributed by atoms with Crippen LogP contribution in [0.2, 0.25) is 0 Å². The van der Waals surface area contributed by atoms with E-state index in [0.717, 1.165) is 0 Å². The summed E-state index contributed by atoms with van der Waals surface area (Å²) in [5, 5.41) is 0. The van der Waals surface area contributed by atoms with Crippen molar-refractivity contribution >= 4 is 5.69 Å². The van der Waals surface area contributed by atoms with Gasteiger partial charge in [0, 0.05) is 12.2 Å². The Morgan fingerprint density at radius 2 is 1.48 bits per heavy atom. The first-order valence-corrected chi connectivity index (χ1v) is 8.48. The topological polar surface area (TPSA) is 3.24 Å². The third kappa shape index (κ3) is 6.78. The molecule has 0 aliphatic heterocycles. The molecule has 144 valence electrons. The van der Waals surface area contributed by atoms with Gasteiger partial charge in [-0.3, -0.25) is 4.39 Å². The van der Waals surface area contributed by atoms with Gasteiger partial charge in [-0.25, -0.2) is 22.0 Å². The molecule has 0 spiro atoms. The molecule has 0 aliphatic carbocycles. The van der Waals surface area contributed by atoms with E-state index in [1.54, 1.807) is 30.3 Å². The third-order valence-electron chi connectivity index (χ3n) is 3.92. The SMILES string of the molecule is CCCN(CC(F)C(F)C(F)C(F)C(F)CCCF)c1ccccc1. The largest absolute Gasteiger partial charge is 0.369 e. The van der Waals surface area contributed by atoms with E-state index in [1.807, 2.05) is 6.92 Å². The lowest BCUT2D eigenvalue weighted by atomic mass is 10.0. The quantitative estimate of drug-likeness (QED) is 0.449. The van der Waals surface area contributed by atoms with Crippen LogP contribution < -0.4 is 4.90 Å². The summed E-state index contributed by atoms with van der Waals surface area (Å²) < 4.78 is 81.0. The highest BCUT2D eigenvalue weighted by Crippen LogP contribution is 2.25. The molecule has 0 saturated carbocycles. The van der Waals surface area contributed by atoms with Gasteiger partial charge < -0.3 is 4.90 Å². The smallest absolute Gasteiger partial charge is 0.168 e. The molecule has 0 heterocycles. The van der Waals surface area contributed by atoms with E-state index >= 15 is 0 Å². The molecule has 0 saturated heterocycles. The summed E-state index contributed by atoms with van der Waals surface area (Å²) >= 11 is 0. The van der Waals surface area contributed by atoms with Crippen molar-refractivity contribution in [2.24, 2.45) is 0 Å². The van der Waals surface area contributed by atoms with Gasteiger partial charge in [-0.2, -0.15) is 0 Å². The molecule has 0 aliphatic rings. The minimum Gasteiger partial charge on any atom is -0.369 e. The van der Waals surface area contributed by atoms with Gasteiger partial charge in [0.1, 0.15) is 6.17 Å². The molecule has 1 aromatic carbocycles. The Bertz CT molecular complexity index is 460. The van der Waals surface area contributed by atoms with E-state index < -0.39 is 50.5 Å². The summed E-state index contributed by atoms with van der Waals surface area (Å²) in [7, 11) is 0. The molecule has 0 N–H and O–H groups in total. The van der Waals surface area contributed by atoms with E-state index in [2.05, 4.69) is 0 Å². The Hall–Kier alpha value is -1.40. The minimum absolute atomic E-state index is 0.289. The van der Waals surface area contributed by atoms with Crippen molar-refractivity contribution in [1.29, 1.82) is 0 Å². The molecule has 0 fully saturated rings. The zero-order valence-electron chi connectivity index (χ0n) is 14.2. The minimum atomic E-state index is -2.93. The van der Waals surface area contributed by atoms with E-state index in [0.29, 0.717) is 18.7 Å². The summed E-state index contributed by atoms with van der Waals surface area (Å²) in [6, 6.07) is 8.63. The number of para-hydroxylation sites is 1. The zero-order valence-corrected chi connectivity index (χ0v) is 14.2. The molecule has 0 bridgehead atoms. The molecule has 1 aromatic rings. The average molecular weight is 369 g/mol. The van der Waals surface area contributed by atoms with Crippen LogP contribution in [-0.2, 0) is 0 Å². The van der Waals surface area contributed by atoms with Crippen LogP contribution in [0.25, 0.3) is 0 Å². The van der Waals surface area contributed by atoms with Crippen molar-refractivity contribution in [2.45, 2.75) is 57.0 Å². The lowest BCUT2D eigenvalue weighted by Gasteiger charge is -2.29. The number of nitrogens with zero attached hydrogens (tertiary/aromatic N) is 1. The molecule has 0 amide bonds. The summed E-state index contributed by atoms with van der Waals surface area (Å²) in [4.78, 5) is 1.53. The Labute approximate surface area is 145 Å². The Morgan fingerprint density at radius 3 is 2.04 bits per heavy atom. The Kier molecular flexibility index (Phi) is 9.75. The second-order valence-corrected chi connectivity index (χ2v) is 5.98. The molecule has 5 atom stereocenters. The maximum atomic E-state index is 14.2. The molecule has 0 radical (unpaired) electrons. The number of benzene rings is 1. The third-order valence-corrected chi connectivity index (χ3v) is 3.92. The van der Waals surface area contributed by atoms with Crippen LogP contribution >= 0.6 is 0 Å². The van der Waals surface area contributed by atoms with Gasteiger partial charge in [-0.05, 0) is 31.4 Å². The van der Waals surface area contributed by atoms with Gasteiger partial charge in [-0.15, -0.1) is 0 Å². The van der Waals surface area contributed by atoms with E-state index in [-0.39, 0.29) is 6.42 Å². The van der Waals surface area contributed by atoms with Crippen LogP contribution in [0.1, 0.15) is 26.2 Å². The first-order valence-electron chi connectivity index (χ1n) is 8.48. The first-order chi connectivity index (χ1) is 11.9. The van der Waals surface area contributed by atoms with Gasteiger partial charge in [-0.1, -0.05) is 25.1 Å². The Morgan fingerprint density at radius 1 is 0.880 bits per heavy atom. The number of rotatable bonds is 12. The molecular weight excluding hydrogens is 344 g/mol. The van der Waals surface area contributed by atoms with Gasteiger partial charge in [0.25, 0.3) is 0 Å².